The van der Waals surface area contributed by atoms with Crippen molar-refractivity contribution in [3.8, 4) is 0 Å². The number of Topliss-reactive ketones (excluding diaryl/α,β-unsaturated/α-hetero) is 1. The van der Waals surface area contributed by atoms with Crippen LogP contribution in [0.3, 0.4) is 0 Å². The summed E-state index contributed by atoms with van der Waals surface area (Å²) >= 11 is 0. The molecule has 0 aromatic heterocycles. The Bertz CT molecular complexity index is 433. The lowest BCUT2D eigenvalue weighted by atomic mass is 9.52. The van der Waals surface area contributed by atoms with Gasteiger partial charge in [-0.1, -0.05) is 44.8 Å². The van der Waals surface area contributed by atoms with Crippen molar-refractivity contribution in [1.82, 2.24) is 0 Å². The maximum absolute atomic E-state index is 11.7. The summed E-state index contributed by atoms with van der Waals surface area (Å²) in [6, 6.07) is 0. The Morgan fingerprint density at radius 2 is 1.95 bits per heavy atom. The van der Waals surface area contributed by atoms with Gasteiger partial charge < -0.3 is 0 Å². The van der Waals surface area contributed by atoms with Gasteiger partial charge in [0.1, 0.15) is 5.78 Å². The summed E-state index contributed by atoms with van der Waals surface area (Å²) in [6.07, 6.45) is 10.7. The van der Waals surface area contributed by atoms with E-state index in [2.05, 4.69) is 20.8 Å². The van der Waals surface area contributed by atoms with Crippen LogP contribution in [0.25, 0.3) is 0 Å². The zero-order chi connectivity index (χ0) is 14.3. The number of fused-ring (bicyclic) bond motifs is 2. The second-order valence-corrected chi connectivity index (χ2v) is 7.71. The minimum atomic E-state index is 0.489. The molecule has 3 aliphatic carbocycles. The fraction of sp³-hybridized carbons (Fsp3) is 0.842. The van der Waals surface area contributed by atoms with E-state index in [-0.39, 0.29) is 0 Å². The van der Waals surface area contributed by atoms with E-state index in [9.17, 15) is 4.79 Å². The summed E-state index contributed by atoms with van der Waals surface area (Å²) < 4.78 is 0. The van der Waals surface area contributed by atoms with Crippen LogP contribution in [0, 0.1) is 23.2 Å². The molecule has 1 heteroatoms. The van der Waals surface area contributed by atoms with E-state index in [0.717, 1.165) is 37.0 Å². The molecule has 4 atom stereocenters. The topological polar surface area (TPSA) is 17.1 Å². The molecule has 0 aliphatic heterocycles. The van der Waals surface area contributed by atoms with Crippen LogP contribution in [-0.2, 0) is 4.79 Å². The maximum Gasteiger partial charge on any atom is 0.137 e. The molecule has 0 radical (unpaired) electrons. The molecule has 0 amide bonds. The minimum absolute atomic E-state index is 0.489. The first-order valence-electron chi connectivity index (χ1n) is 8.81. The Labute approximate surface area is 124 Å². The van der Waals surface area contributed by atoms with Gasteiger partial charge in [0.2, 0.25) is 0 Å². The van der Waals surface area contributed by atoms with Crippen molar-refractivity contribution in [2.45, 2.75) is 78.6 Å². The summed E-state index contributed by atoms with van der Waals surface area (Å²) in [6.45, 7) is 7.32. The van der Waals surface area contributed by atoms with Gasteiger partial charge in [0.15, 0.2) is 0 Å². The Morgan fingerprint density at radius 3 is 2.65 bits per heavy atom. The third-order valence-electron chi connectivity index (χ3n) is 6.97. The van der Waals surface area contributed by atoms with Crippen molar-refractivity contribution in [1.29, 1.82) is 0 Å². The lowest BCUT2D eigenvalue weighted by molar-refractivity contribution is -0.119. The van der Waals surface area contributed by atoms with E-state index < -0.39 is 0 Å². The molecule has 2 unspecified atom stereocenters. The summed E-state index contributed by atoms with van der Waals surface area (Å²) in [5.74, 6) is 3.13. The molecule has 0 aromatic carbocycles. The number of allylic oxidation sites excluding steroid dienone is 2. The van der Waals surface area contributed by atoms with Gasteiger partial charge in [-0.3, -0.25) is 4.79 Å². The van der Waals surface area contributed by atoms with Gasteiger partial charge in [0, 0.05) is 12.8 Å². The Kier molecular flexibility index (Phi) is 3.81. The molecule has 1 nitrogen and oxygen atoms in total. The highest BCUT2D eigenvalue weighted by molar-refractivity contribution is 5.82. The lowest BCUT2D eigenvalue weighted by Gasteiger charge is -2.53. The van der Waals surface area contributed by atoms with Crippen LogP contribution in [0.15, 0.2) is 11.1 Å². The van der Waals surface area contributed by atoms with Crippen molar-refractivity contribution in [3.05, 3.63) is 11.1 Å². The number of hydrogen-bond donors (Lipinski definition) is 0. The first-order valence-corrected chi connectivity index (χ1v) is 8.81. The number of carbonyl (C=O) groups excluding carboxylic acids is 1. The van der Waals surface area contributed by atoms with Crippen molar-refractivity contribution in [3.63, 3.8) is 0 Å². The predicted octanol–water partition coefficient (Wildman–Crippen LogP) is 5.30. The number of carbonyl (C=O) groups is 1. The van der Waals surface area contributed by atoms with Crippen molar-refractivity contribution >= 4 is 5.78 Å². The van der Waals surface area contributed by atoms with Crippen LogP contribution in [0.2, 0.25) is 0 Å². The van der Waals surface area contributed by atoms with Gasteiger partial charge >= 0.3 is 0 Å². The van der Waals surface area contributed by atoms with Crippen LogP contribution in [-0.4, -0.2) is 5.78 Å². The molecule has 1 fully saturated rings. The van der Waals surface area contributed by atoms with Crippen LogP contribution in [0.5, 0.6) is 0 Å². The fourth-order valence-corrected chi connectivity index (χ4v) is 5.68. The van der Waals surface area contributed by atoms with Gasteiger partial charge in [0.05, 0.1) is 0 Å². The van der Waals surface area contributed by atoms with E-state index in [4.69, 9.17) is 0 Å². The van der Waals surface area contributed by atoms with Crippen molar-refractivity contribution in [2.24, 2.45) is 23.2 Å². The SMILES string of the molecule is CCC1[C@@H]2CCC3=C(CCC(=O)C3)[C@H]2CCC1(C)CC. The van der Waals surface area contributed by atoms with E-state index in [1.807, 2.05) is 0 Å². The molecule has 20 heavy (non-hydrogen) atoms. The summed E-state index contributed by atoms with van der Waals surface area (Å²) in [4.78, 5) is 11.7. The molecule has 0 N–H and O–H groups in total. The van der Waals surface area contributed by atoms with Crippen LogP contribution in [0.4, 0.5) is 0 Å². The van der Waals surface area contributed by atoms with Crippen molar-refractivity contribution < 1.29 is 4.79 Å². The first-order chi connectivity index (χ1) is 9.59. The molecule has 0 saturated heterocycles. The third kappa shape index (κ3) is 2.18. The van der Waals surface area contributed by atoms with Gasteiger partial charge in [-0.2, -0.15) is 0 Å². The highest BCUT2D eigenvalue weighted by Gasteiger charge is 2.47. The smallest absolute Gasteiger partial charge is 0.137 e. The molecular formula is C19H30O. The van der Waals surface area contributed by atoms with Gasteiger partial charge in [-0.15, -0.1) is 0 Å². The molecule has 0 bridgehead atoms. The second-order valence-electron chi connectivity index (χ2n) is 7.71. The maximum atomic E-state index is 11.7. The van der Waals surface area contributed by atoms with Crippen LogP contribution in [0.1, 0.15) is 78.6 Å². The monoisotopic (exact) mass is 274 g/mol. The Hall–Kier alpha value is -0.590. The predicted molar refractivity (Wildman–Crippen MR) is 83.5 cm³/mol. The zero-order valence-electron chi connectivity index (χ0n) is 13.5. The normalized spacial score (nSPS) is 41.4. The third-order valence-corrected chi connectivity index (χ3v) is 6.97. The Morgan fingerprint density at radius 1 is 1.15 bits per heavy atom. The minimum Gasteiger partial charge on any atom is -0.299 e. The number of hydrogen-bond acceptors (Lipinski definition) is 1. The molecule has 112 valence electrons. The average Bonchev–Trinajstić information content (AvgIpc) is 2.46. The van der Waals surface area contributed by atoms with Crippen LogP contribution >= 0.6 is 0 Å². The number of rotatable bonds is 2. The molecular weight excluding hydrogens is 244 g/mol. The zero-order valence-corrected chi connectivity index (χ0v) is 13.5. The van der Waals surface area contributed by atoms with E-state index >= 15 is 0 Å². The fourth-order valence-electron chi connectivity index (χ4n) is 5.68. The largest absolute Gasteiger partial charge is 0.299 e. The quantitative estimate of drug-likeness (QED) is 0.625. The molecule has 0 heterocycles. The summed E-state index contributed by atoms with van der Waals surface area (Å²) in [5, 5.41) is 0. The lowest BCUT2D eigenvalue weighted by Crippen LogP contribution is -2.43. The highest BCUT2D eigenvalue weighted by Crippen LogP contribution is 2.57. The van der Waals surface area contributed by atoms with Gasteiger partial charge in [0.25, 0.3) is 0 Å². The van der Waals surface area contributed by atoms with E-state index in [1.54, 1.807) is 11.1 Å². The highest BCUT2D eigenvalue weighted by atomic mass is 16.1. The molecule has 0 spiro atoms. The summed E-state index contributed by atoms with van der Waals surface area (Å²) in [5.41, 5.74) is 3.85. The van der Waals surface area contributed by atoms with E-state index in [1.165, 1.54) is 38.5 Å². The van der Waals surface area contributed by atoms with Crippen molar-refractivity contribution in [2.75, 3.05) is 0 Å². The number of ketones is 1. The Balaban J connectivity index is 1.89. The standard InChI is InChI=1S/C19H30O/c1-4-18-17-8-6-13-12-14(20)7-9-15(13)16(17)10-11-19(18,3)5-2/h16-18H,4-12H2,1-3H3/t16-,17-,18?,19?/m1/s1. The molecule has 1 saturated carbocycles. The molecule has 3 rings (SSSR count). The molecule has 0 aromatic rings. The summed E-state index contributed by atoms with van der Waals surface area (Å²) in [7, 11) is 0. The second kappa shape index (κ2) is 5.31. The first kappa shape index (κ1) is 14.4. The average molecular weight is 274 g/mol. The molecule has 3 aliphatic rings. The van der Waals surface area contributed by atoms with E-state index in [0.29, 0.717) is 11.2 Å². The van der Waals surface area contributed by atoms with Gasteiger partial charge in [-0.05, 0) is 55.3 Å². The van der Waals surface area contributed by atoms with Gasteiger partial charge in [-0.25, -0.2) is 0 Å². The van der Waals surface area contributed by atoms with Crippen LogP contribution < -0.4 is 0 Å².